The lowest BCUT2D eigenvalue weighted by Crippen LogP contribution is -2.29. The molecule has 0 aromatic heterocycles. The Labute approximate surface area is 121 Å². The molecule has 0 aliphatic heterocycles. The van der Waals surface area contributed by atoms with E-state index in [1.54, 1.807) is 0 Å². The quantitative estimate of drug-likeness (QED) is 0.729. The molecule has 0 aliphatic carbocycles. The average molecular weight is 278 g/mol. The second kappa shape index (κ2) is 9.37. The Bertz CT molecular complexity index is 388. The van der Waals surface area contributed by atoms with E-state index in [1.807, 2.05) is 31.2 Å². The summed E-state index contributed by atoms with van der Waals surface area (Å²) in [4.78, 5) is 11.4. The fraction of sp³-hybridized carbons (Fsp3) is 0.562. The van der Waals surface area contributed by atoms with Gasteiger partial charge in [0.05, 0.1) is 0 Å². The zero-order valence-electron chi connectivity index (χ0n) is 12.7. The number of benzene rings is 1. The van der Waals surface area contributed by atoms with Gasteiger partial charge in [-0.05, 0) is 36.6 Å². The van der Waals surface area contributed by atoms with Crippen LogP contribution in [0.4, 0.5) is 0 Å². The van der Waals surface area contributed by atoms with Crippen LogP contribution in [-0.2, 0) is 11.3 Å². The summed E-state index contributed by atoms with van der Waals surface area (Å²) in [6.45, 7) is 9.03. The summed E-state index contributed by atoms with van der Waals surface area (Å²) in [5.41, 5.74) is 1.22. The number of nitrogens with one attached hydrogen (secondary N) is 2. The summed E-state index contributed by atoms with van der Waals surface area (Å²) in [5, 5.41) is 6.17. The molecule has 1 aromatic rings. The first-order valence-corrected chi connectivity index (χ1v) is 7.31. The molecule has 20 heavy (non-hydrogen) atoms. The molecule has 2 N–H and O–H groups in total. The smallest absolute Gasteiger partial charge is 0.257 e. The van der Waals surface area contributed by atoms with Crippen LogP contribution in [0.15, 0.2) is 24.3 Å². The van der Waals surface area contributed by atoms with Crippen molar-refractivity contribution < 1.29 is 9.53 Å². The Morgan fingerprint density at radius 3 is 2.55 bits per heavy atom. The number of hydrogen-bond acceptors (Lipinski definition) is 3. The van der Waals surface area contributed by atoms with E-state index in [2.05, 4.69) is 24.5 Å². The second-order valence-electron chi connectivity index (χ2n) is 5.31. The van der Waals surface area contributed by atoms with E-state index in [1.165, 1.54) is 5.56 Å². The van der Waals surface area contributed by atoms with E-state index in [-0.39, 0.29) is 12.5 Å². The Kier molecular flexibility index (Phi) is 7.73. The molecule has 0 radical (unpaired) electrons. The number of ether oxygens (including phenoxy) is 1. The highest BCUT2D eigenvalue weighted by Crippen LogP contribution is 2.12. The van der Waals surface area contributed by atoms with Gasteiger partial charge in [0, 0.05) is 13.1 Å². The first-order chi connectivity index (χ1) is 9.61. The van der Waals surface area contributed by atoms with Gasteiger partial charge in [0.25, 0.3) is 5.91 Å². The molecule has 0 aliphatic rings. The molecule has 0 bridgehead atoms. The van der Waals surface area contributed by atoms with Gasteiger partial charge in [-0.2, -0.15) is 0 Å². The molecule has 112 valence electrons. The molecule has 4 nitrogen and oxygen atoms in total. The third kappa shape index (κ3) is 7.14. The van der Waals surface area contributed by atoms with Crippen LogP contribution >= 0.6 is 0 Å². The van der Waals surface area contributed by atoms with Crippen LogP contribution in [0.5, 0.6) is 5.75 Å². The van der Waals surface area contributed by atoms with Crippen molar-refractivity contribution >= 4 is 5.91 Å². The standard InChI is InChI=1S/C16H26N2O2/c1-4-9-18-16(19)12-20-15-7-5-14(6-8-15)11-17-10-13(2)3/h5-8,13,17H,4,9-12H2,1-3H3,(H,18,19). The molecular formula is C16H26N2O2. The van der Waals surface area contributed by atoms with Gasteiger partial charge in [-0.1, -0.05) is 32.9 Å². The first-order valence-electron chi connectivity index (χ1n) is 7.31. The lowest BCUT2D eigenvalue weighted by atomic mass is 10.2. The topological polar surface area (TPSA) is 50.4 Å². The molecule has 1 rings (SSSR count). The van der Waals surface area contributed by atoms with Crippen molar-refractivity contribution in [3.8, 4) is 5.75 Å². The number of rotatable bonds is 9. The minimum Gasteiger partial charge on any atom is -0.484 e. The molecular weight excluding hydrogens is 252 g/mol. The van der Waals surface area contributed by atoms with Crippen LogP contribution in [0, 0.1) is 5.92 Å². The molecule has 1 aromatic carbocycles. The molecule has 0 saturated heterocycles. The highest BCUT2D eigenvalue weighted by Gasteiger charge is 2.02. The van der Waals surface area contributed by atoms with E-state index in [0.717, 1.165) is 25.3 Å². The summed E-state index contributed by atoms with van der Waals surface area (Å²) < 4.78 is 5.43. The first kappa shape index (κ1) is 16.5. The SMILES string of the molecule is CCCNC(=O)COc1ccc(CNCC(C)C)cc1. The summed E-state index contributed by atoms with van der Waals surface area (Å²) in [6.07, 6.45) is 0.934. The predicted molar refractivity (Wildman–Crippen MR) is 81.8 cm³/mol. The summed E-state index contributed by atoms with van der Waals surface area (Å²) in [7, 11) is 0. The van der Waals surface area contributed by atoms with E-state index >= 15 is 0 Å². The van der Waals surface area contributed by atoms with Crippen LogP contribution < -0.4 is 15.4 Å². The van der Waals surface area contributed by atoms with Crippen molar-refractivity contribution in [3.63, 3.8) is 0 Å². The highest BCUT2D eigenvalue weighted by molar-refractivity contribution is 5.77. The monoisotopic (exact) mass is 278 g/mol. The van der Waals surface area contributed by atoms with Crippen molar-refractivity contribution in [2.24, 2.45) is 5.92 Å². The van der Waals surface area contributed by atoms with Gasteiger partial charge in [0.1, 0.15) is 5.75 Å². The molecule has 0 unspecified atom stereocenters. The second-order valence-corrected chi connectivity index (χ2v) is 5.31. The average Bonchev–Trinajstić information content (AvgIpc) is 2.44. The van der Waals surface area contributed by atoms with Gasteiger partial charge < -0.3 is 15.4 Å². The number of amides is 1. The van der Waals surface area contributed by atoms with E-state index < -0.39 is 0 Å². The van der Waals surface area contributed by atoms with Crippen molar-refractivity contribution in [2.75, 3.05) is 19.7 Å². The van der Waals surface area contributed by atoms with Crippen LogP contribution in [0.1, 0.15) is 32.8 Å². The Morgan fingerprint density at radius 1 is 1.25 bits per heavy atom. The normalized spacial score (nSPS) is 10.6. The zero-order chi connectivity index (χ0) is 14.8. The predicted octanol–water partition coefficient (Wildman–Crippen LogP) is 2.34. The minimum absolute atomic E-state index is 0.0744. The molecule has 0 heterocycles. The van der Waals surface area contributed by atoms with Crippen molar-refractivity contribution in [1.82, 2.24) is 10.6 Å². The molecule has 4 heteroatoms. The fourth-order valence-corrected chi connectivity index (χ4v) is 1.67. The van der Waals surface area contributed by atoms with Crippen LogP contribution in [0.25, 0.3) is 0 Å². The van der Waals surface area contributed by atoms with Gasteiger partial charge in [0.15, 0.2) is 6.61 Å². The van der Waals surface area contributed by atoms with Crippen LogP contribution in [-0.4, -0.2) is 25.6 Å². The lowest BCUT2D eigenvalue weighted by molar-refractivity contribution is -0.123. The van der Waals surface area contributed by atoms with Crippen molar-refractivity contribution in [2.45, 2.75) is 33.7 Å². The van der Waals surface area contributed by atoms with E-state index in [9.17, 15) is 4.79 Å². The van der Waals surface area contributed by atoms with Gasteiger partial charge in [-0.3, -0.25) is 4.79 Å². The summed E-state index contributed by atoms with van der Waals surface area (Å²) >= 11 is 0. The fourth-order valence-electron chi connectivity index (χ4n) is 1.67. The van der Waals surface area contributed by atoms with Crippen molar-refractivity contribution in [1.29, 1.82) is 0 Å². The van der Waals surface area contributed by atoms with Gasteiger partial charge in [0.2, 0.25) is 0 Å². The third-order valence-corrected chi connectivity index (χ3v) is 2.75. The van der Waals surface area contributed by atoms with Gasteiger partial charge in [-0.25, -0.2) is 0 Å². The Balaban J connectivity index is 2.29. The van der Waals surface area contributed by atoms with Gasteiger partial charge in [-0.15, -0.1) is 0 Å². The molecule has 0 atom stereocenters. The highest BCUT2D eigenvalue weighted by atomic mass is 16.5. The van der Waals surface area contributed by atoms with Crippen LogP contribution in [0.2, 0.25) is 0 Å². The van der Waals surface area contributed by atoms with Crippen molar-refractivity contribution in [3.05, 3.63) is 29.8 Å². The maximum atomic E-state index is 11.4. The molecule has 0 spiro atoms. The number of carbonyl (C=O) groups is 1. The molecule has 0 saturated carbocycles. The molecule has 1 amide bonds. The Morgan fingerprint density at radius 2 is 1.95 bits per heavy atom. The van der Waals surface area contributed by atoms with E-state index in [0.29, 0.717) is 12.5 Å². The largest absolute Gasteiger partial charge is 0.484 e. The Hall–Kier alpha value is -1.55. The number of carbonyl (C=O) groups excluding carboxylic acids is 1. The van der Waals surface area contributed by atoms with E-state index in [4.69, 9.17) is 4.74 Å². The maximum Gasteiger partial charge on any atom is 0.257 e. The third-order valence-electron chi connectivity index (χ3n) is 2.75. The van der Waals surface area contributed by atoms with Crippen LogP contribution in [0.3, 0.4) is 0 Å². The van der Waals surface area contributed by atoms with Gasteiger partial charge >= 0.3 is 0 Å². The summed E-state index contributed by atoms with van der Waals surface area (Å²) in [6, 6.07) is 7.85. The number of hydrogen-bond donors (Lipinski definition) is 2. The summed E-state index contributed by atoms with van der Waals surface area (Å²) in [5.74, 6) is 1.30. The zero-order valence-corrected chi connectivity index (χ0v) is 12.7. The maximum absolute atomic E-state index is 11.4. The lowest BCUT2D eigenvalue weighted by Gasteiger charge is -2.09. The minimum atomic E-state index is -0.0745. The molecule has 0 fully saturated rings.